The Hall–Kier alpha value is -0.390. The number of ether oxygens (including phenoxy) is 1. The van der Waals surface area contributed by atoms with E-state index in [1.807, 2.05) is 0 Å². The van der Waals surface area contributed by atoms with E-state index in [1.165, 1.54) is 12.1 Å². The van der Waals surface area contributed by atoms with Crippen LogP contribution in [-0.4, -0.2) is 6.61 Å². The van der Waals surface area contributed by atoms with Crippen LogP contribution in [0.2, 0.25) is 0 Å². The molecule has 0 aromatic heterocycles. The molecule has 76 valence electrons. The van der Waals surface area contributed by atoms with Gasteiger partial charge in [0.2, 0.25) is 5.82 Å². The van der Waals surface area contributed by atoms with Crippen LogP contribution in [-0.2, 0) is 0 Å². The van der Waals surface area contributed by atoms with Gasteiger partial charge in [-0.3, -0.25) is 0 Å². The van der Waals surface area contributed by atoms with Crippen molar-refractivity contribution in [3.63, 3.8) is 0 Å². The molecular weight excluding hydrogens is 301 g/mol. The van der Waals surface area contributed by atoms with Crippen molar-refractivity contribution in [3.05, 3.63) is 27.3 Å². The van der Waals surface area contributed by atoms with Crippen LogP contribution >= 0.6 is 22.6 Å². The molecule has 0 unspecified atom stereocenters. The van der Waals surface area contributed by atoms with Crippen molar-refractivity contribution in [2.24, 2.45) is 5.92 Å². The number of rotatable bonds is 3. The molecule has 0 aliphatic heterocycles. The fourth-order valence-corrected chi connectivity index (χ4v) is 1.53. The SMILES string of the molecule is Fc1c(I)ccc(OCC2CC2)c1F. The summed E-state index contributed by atoms with van der Waals surface area (Å²) in [6, 6.07) is 2.99. The van der Waals surface area contributed by atoms with Crippen LogP contribution in [0.5, 0.6) is 5.75 Å². The lowest BCUT2D eigenvalue weighted by molar-refractivity contribution is 0.280. The third kappa shape index (κ3) is 2.16. The Bertz CT molecular complexity index is 350. The highest BCUT2D eigenvalue weighted by atomic mass is 127. The van der Waals surface area contributed by atoms with Gasteiger partial charge in [0.15, 0.2) is 11.6 Å². The standard InChI is InChI=1S/C10H9F2IO/c11-9-7(13)3-4-8(10(9)12)14-5-6-1-2-6/h3-4,6H,1-2,5H2. The number of hydrogen-bond donors (Lipinski definition) is 0. The second-order valence-corrected chi connectivity index (χ2v) is 4.59. The normalized spacial score (nSPS) is 15.6. The minimum Gasteiger partial charge on any atom is -0.490 e. The van der Waals surface area contributed by atoms with Gasteiger partial charge in [-0.25, -0.2) is 4.39 Å². The van der Waals surface area contributed by atoms with Crippen LogP contribution < -0.4 is 4.74 Å². The van der Waals surface area contributed by atoms with Crippen LogP contribution in [0.15, 0.2) is 12.1 Å². The number of hydrogen-bond acceptors (Lipinski definition) is 1. The summed E-state index contributed by atoms with van der Waals surface area (Å²) in [7, 11) is 0. The highest BCUT2D eigenvalue weighted by molar-refractivity contribution is 14.1. The highest BCUT2D eigenvalue weighted by Crippen LogP contribution is 2.31. The lowest BCUT2D eigenvalue weighted by atomic mass is 10.3. The molecule has 0 atom stereocenters. The quantitative estimate of drug-likeness (QED) is 0.614. The summed E-state index contributed by atoms with van der Waals surface area (Å²) in [5, 5.41) is 0. The van der Waals surface area contributed by atoms with Gasteiger partial charge < -0.3 is 4.74 Å². The maximum absolute atomic E-state index is 13.2. The van der Waals surface area contributed by atoms with Crippen molar-refractivity contribution in [1.29, 1.82) is 0 Å². The zero-order valence-electron chi connectivity index (χ0n) is 7.40. The molecule has 1 aromatic carbocycles. The first kappa shape index (κ1) is 10.1. The summed E-state index contributed by atoms with van der Waals surface area (Å²) in [4.78, 5) is 0. The molecule has 0 saturated heterocycles. The summed E-state index contributed by atoms with van der Waals surface area (Å²) in [6.45, 7) is 0.497. The summed E-state index contributed by atoms with van der Waals surface area (Å²) in [6.07, 6.45) is 2.27. The fraction of sp³-hybridized carbons (Fsp3) is 0.400. The molecule has 1 aromatic rings. The van der Waals surface area contributed by atoms with E-state index >= 15 is 0 Å². The molecule has 0 heterocycles. The van der Waals surface area contributed by atoms with Crippen LogP contribution in [0.1, 0.15) is 12.8 Å². The molecule has 0 radical (unpaired) electrons. The minimum absolute atomic E-state index is 0.0230. The van der Waals surface area contributed by atoms with E-state index in [1.54, 1.807) is 22.6 Å². The number of benzene rings is 1. The zero-order valence-corrected chi connectivity index (χ0v) is 9.55. The summed E-state index contributed by atoms with van der Waals surface area (Å²) < 4.78 is 31.8. The van der Waals surface area contributed by atoms with Gasteiger partial charge in [-0.05, 0) is 53.5 Å². The van der Waals surface area contributed by atoms with Gasteiger partial charge in [0.1, 0.15) is 0 Å². The number of halogens is 3. The third-order valence-electron chi connectivity index (χ3n) is 2.17. The lowest BCUT2D eigenvalue weighted by Crippen LogP contribution is -2.02. The van der Waals surface area contributed by atoms with E-state index in [0.29, 0.717) is 12.5 Å². The van der Waals surface area contributed by atoms with Crippen LogP contribution in [0.3, 0.4) is 0 Å². The largest absolute Gasteiger partial charge is 0.490 e. The molecule has 4 heteroatoms. The van der Waals surface area contributed by atoms with Gasteiger partial charge in [0.05, 0.1) is 10.2 Å². The van der Waals surface area contributed by atoms with Gasteiger partial charge in [0, 0.05) is 0 Å². The molecule has 1 saturated carbocycles. The van der Waals surface area contributed by atoms with E-state index < -0.39 is 11.6 Å². The first-order chi connectivity index (χ1) is 6.68. The van der Waals surface area contributed by atoms with Gasteiger partial charge in [-0.1, -0.05) is 0 Å². The van der Waals surface area contributed by atoms with Crippen molar-refractivity contribution in [2.45, 2.75) is 12.8 Å². The van der Waals surface area contributed by atoms with Gasteiger partial charge in [0.25, 0.3) is 0 Å². The molecule has 1 nitrogen and oxygen atoms in total. The Morgan fingerprint density at radius 2 is 2.00 bits per heavy atom. The summed E-state index contributed by atoms with van der Waals surface area (Å²) >= 11 is 1.75. The Balaban J connectivity index is 2.11. The van der Waals surface area contributed by atoms with Crippen LogP contribution in [0.25, 0.3) is 0 Å². The lowest BCUT2D eigenvalue weighted by Gasteiger charge is -2.07. The monoisotopic (exact) mass is 310 g/mol. The Morgan fingerprint density at radius 3 is 2.64 bits per heavy atom. The molecule has 0 amide bonds. The summed E-state index contributed by atoms with van der Waals surface area (Å²) in [5.41, 5.74) is 0. The Kier molecular flexibility index (Phi) is 2.90. The maximum atomic E-state index is 13.2. The second-order valence-electron chi connectivity index (χ2n) is 3.43. The zero-order chi connectivity index (χ0) is 10.1. The van der Waals surface area contributed by atoms with E-state index in [4.69, 9.17) is 4.74 Å². The van der Waals surface area contributed by atoms with Crippen molar-refractivity contribution >= 4 is 22.6 Å². The minimum atomic E-state index is -0.877. The molecule has 0 bridgehead atoms. The molecule has 1 aliphatic rings. The highest BCUT2D eigenvalue weighted by Gasteiger charge is 2.23. The second kappa shape index (κ2) is 4.00. The predicted molar refractivity (Wildman–Crippen MR) is 57.3 cm³/mol. The first-order valence-corrected chi connectivity index (χ1v) is 5.52. The average Bonchev–Trinajstić information content (AvgIpc) is 2.97. The van der Waals surface area contributed by atoms with Crippen LogP contribution in [0.4, 0.5) is 8.78 Å². The van der Waals surface area contributed by atoms with Crippen molar-refractivity contribution in [3.8, 4) is 5.75 Å². The van der Waals surface area contributed by atoms with Crippen molar-refractivity contribution in [1.82, 2.24) is 0 Å². The van der Waals surface area contributed by atoms with Gasteiger partial charge in [-0.2, -0.15) is 4.39 Å². The van der Waals surface area contributed by atoms with E-state index in [0.717, 1.165) is 12.8 Å². The van der Waals surface area contributed by atoms with Crippen molar-refractivity contribution < 1.29 is 13.5 Å². The Labute approximate surface area is 94.6 Å². The molecule has 0 N–H and O–H groups in total. The average molecular weight is 310 g/mol. The fourth-order valence-electron chi connectivity index (χ4n) is 1.11. The Morgan fingerprint density at radius 1 is 1.29 bits per heavy atom. The van der Waals surface area contributed by atoms with E-state index in [2.05, 4.69) is 0 Å². The first-order valence-electron chi connectivity index (χ1n) is 4.45. The van der Waals surface area contributed by atoms with Gasteiger partial charge in [-0.15, -0.1) is 0 Å². The van der Waals surface area contributed by atoms with Gasteiger partial charge >= 0.3 is 0 Å². The third-order valence-corrected chi connectivity index (χ3v) is 3.00. The molecule has 14 heavy (non-hydrogen) atoms. The summed E-state index contributed by atoms with van der Waals surface area (Å²) in [5.74, 6) is -1.14. The van der Waals surface area contributed by atoms with E-state index in [-0.39, 0.29) is 9.32 Å². The molecular formula is C10H9F2IO. The van der Waals surface area contributed by atoms with Crippen molar-refractivity contribution in [2.75, 3.05) is 6.61 Å². The molecule has 0 spiro atoms. The topological polar surface area (TPSA) is 9.23 Å². The van der Waals surface area contributed by atoms with Crippen LogP contribution in [0, 0.1) is 21.1 Å². The maximum Gasteiger partial charge on any atom is 0.201 e. The molecule has 1 fully saturated rings. The predicted octanol–water partition coefficient (Wildman–Crippen LogP) is 3.36. The van der Waals surface area contributed by atoms with E-state index in [9.17, 15) is 8.78 Å². The molecule has 1 aliphatic carbocycles. The smallest absolute Gasteiger partial charge is 0.201 e. The molecule has 2 rings (SSSR count).